The third-order valence-electron chi connectivity index (χ3n) is 11.4. The van der Waals surface area contributed by atoms with Crippen LogP contribution in [0.4, 0.5) is 0 Å². The van der Waals surface area contributed by atoms with E-state index in [1.807, 2.05) is 169 Å². The van der Waals surface area contributed by atoms with Crippen LogP contribution in [0.1, 0.15) is 7.43 Å². The van der Waals surface area contributed by atoms with Gasteiger partial charge in [0.05, 0.1) is 75.0 Å². The number of nitrogens with zero attached hydrogens (tertiary/aromatic N) is 11. The Hall–Kier alpha value is -11.2. The molecule has 8 aromatic carbocycles. The minimum absolute atomic E-state index is 0. The van der Waals surface area contributed by atoms with Gasteiger partial charge in [0.15, 0.2) is 17.6 Å². The van der Waals surface area contributed by atoms with E-state index in [2.05, 4.69) is 146 Å². The number of hydrogen-bond donors (Lipinski definition) is 3. The van der Waals surface area contributed by atoms with Crippen LogP contribution in [0.2, 0.25) is 0 Å². The van der Waals surface area contributed by atoms with Crippen LogP contribution in [0.5, 0.6) is 0 Å². The lowest BCUT2D eigenvalue weighted by Gasteiger charge is -1.83. The zero-order valence-corrected chi connectivity index (χ0v) is 49.2. The van der Waals surface area contributed by atoms with Gasteiger partial charge in [0.2, 0.25) is 0 Å². The smallest absolute Gasteiger partial charge is 0.181 e. The second kappa shape index (κ2) is 36.5. The molecule has 0 atom stereocenters. The molecule has 0 radical (unpaired) electrons. The number of aromatic amines is 3. The number of H-pyrrole nitrogens is 3. The second-order valence-corrected chi connectivity index (χ2v) is 20.4. The second-order valence-electron chi connectivity index (χ2n) is 17.1. The van der Waals surface area contributed by atoms with Gasteiger partial charge in [0, 0.05) is 49.4 Å². The third-order valence-corrected chi connectivity index (χ3v) is 14.3. The molecule has 3 N–H and O–H groups in total. The number of thiazole rings is 1. The Bertz CT molecular complexity index is 3650. The maximum atomic E-state index is 5.12. The maximum Gasteiger partial charge on any atom is 0.181 e. The summed E-state index contributed by atoms with van der Waals surface area (Å²) in [6, 6.07) is 70.4. The van der Waals surface area contributed by atoms with E-state index in [1.54, 1.807) is 60.1 Å². The monoisotopic (exact) mass is 1240 g/mol. The minimum atomic E-state index is 0. The molecule has 88 heavy (non-hydrogen) atoms. The summed E-state index contributed by atoms with van der Waals surface area (Å²) in [7, 11) is 0. The fourth-order valence-corrected chi connectivity index (χ4v) is 9.74. The van der Waals surface area contributed by atoms with Crippen molar-refractivity contribution in [2.45, 2.75) is 7.43 Å². The summed E-state index contributed by atoms with van der Waals surface area (Å²) in [5.74, 6) is 0. The van der Waals surface area contributed by atoms with Crippen LogP contribution in [0, 0.1) is 0 Å². The van der Waals surface area contributed by atoms with Crippen molar-refractivity contribution in [3.05, 3.63) is 297 Å². The highest BCUT2D eigenvalue weighted by molar-refractivity contribution is 7.17. The largest absolute Gasteiger partial charge is 0.464 e. The van der Waals surface area contributed by atoms with Crippen LogP contribution in [0.15, 0.2) is 315 Å². The number of hydrogen-bond acceptors (Lipinski definition) is 19. The Morgan fingerprint density at radius 1 is 0.420 bits per heavy atom. The van der Waals surface area contributed by atoms with E-state index in [0.29, 0.717) is 0 Å². The van der Waals surface area contributed by atoms with Gasteiger partial charge in [0.1, 0.15) is 17.4 Å². The molecule has 0 bridgehead atoms. The van der Waals surface area contributed by atoms with Gasteiger partial charge in [-0.05, 0) is 130 Å². The van der Waals surface area contributed by atoms with Crippen molar-refractivity contribution in [1.29, 1.82) is 0 Å². The first-order valence-corrected chi connectivity index (χ1v) is 29.7. The van der Waals surface area contributed by atoms with Gasteiger partial charge in [0.25, 0.3) is 0 Å². The van der Waals surface area contributed by atoms with Gasteiger partial charge >= 0.3 is 0 Å². The minimum Gasteiger partial charge on any atom is -0.464 e. The predicted molar refractivity (Wildman–Crippen MR) is 357 cm³/mol. The molecule has 19 aromatic rings. The van der Waals surface area contributed by atoms with Crippen LogP contribution < -0.4 is 0 Å². The normalized spacial score (nSPS) is 9.73. The van der Waals surface area contributed by atoms with Crippen LogP contribution >= 0.6 is 45.7 Å². The highest BCUT2D eigenvalue weighted by Gasteiger charge is 1.95. The van der Waals surface area contributed by atoms with Crippen molar-refractivity contribution in [3.8, 4) is 0 Å². The summed E-state index contributed by atoms with van der Waals surface area (Å²) in [6.45, 7) is 0. The summed E-state index contributed by atoms with van der Waals surface area (Å²) in [5, 5.41) is 32.9. The number of furan rings is 1. The molecule has 11 aromatic heterocycles. The zero-order chi connectivity index (χ0) is 59.4. The third kappa shape index (κ3) is 20.9. The van der Waals surface area contributed by atoms with Crippen molar-refractivity contribution >= 4 is 131 Å². The first-order valence-electron chi connectivity index (χ1n) is 26.4. The number of rotatable bonds is 0. The summed E-state index contributed by atoms with van der Waals surface area (Å²) in [5.41, 5.74) is 9.85. The number of nitrogens with one attached hydrogen (secondary N) is 3. The molecule has 22 heteroatoms. The molecule has 0 aliphatic carbocycles. The van der Waals surface area contributed by atoms with Gasteiger partial charge in [-0.2, -0.15) is 19.8 Å². The molecule has 0 saturated carbocycles. The Kier molecular flexibility index (Phi) is 26.1. The number of oxazole rings is 1. The molecule has 19 rings (SSSR count). The first kappa shape index (κ1) is 62.9. The van der Waals surface area contributed by atoms with Crippen LogP contribution in [-0.4, -0.2) is 69.8 Å². The van der Waals surface area contributed by atoms with E-state index < -0.39 is 0 Å². The summed E-state index contributed by atoms with van der Waals surface area (Å²) in [6.07, 6.45) is 18.1. The van der Waals surface area contributed by atoms with Gasteiger partial charge in [-0.15, -0.1) is 32.9 Å². The average Bonchev–Trinajstić information content (AvgIpc) is 4.50. The van der Waals surface area contributed by atoms with Gasteiger partial charge in [-0.1, -0.05) is 138 Å². The summed E-state index contributed by atoms with van der Waals surface area (Å²) < 4.78 is 30.7. The highest BCUT2D eigenvalue weighted by atomic mass is 32.1. The topological polar surface area (TPSA) is 242 Å². The quantitative estimate of drug-likeness (QED) is 0.128. The number of fused-ring (bicyclic) bond motifs is 8. The number of para-hydroxylation sites is 8. The SMILES string of the molecule is C.c1ccc2[nH]ccc2c1.c1ccc2[nH]cnc2c1.c1ccc2occc2c1.c1ccc2ocnc2c1.c1ccc2oncc2c1.c1ccc2sccc2c1.c1ccc2scnc2c1.c1ccc2sncc2c1.c1cn[nH]n1.c1conn1.c1csnn1. The van der Waals surface area contributed by atoms with Crippen LogP contribution in [0.3, 0.4) is 0 Å². The molecule has 0 fully saturated rings. The van der Waals surface area contributed by atoms with Crippen molar-refractivity contribution in [2.24, 2.45) is 0 Å². The first-order chi connectivity index (χ1) is 43.2. The Morgan fingerprint density at radius 2 is 1.09 bits per heavy atom. The van der Waals surface area contributed by atoms with Gasteiger partial charge < -0.3 is 27.8 Å². The molecule has 438 valence electrons. The molecule has 18 nitrogen and oxygen atoms in total. The average molecular weight is 1240 g/mol. The van der Waals surface area contributed by atoms with Crippen molar-refractivity contribution in [3.63, 3.8) is 0 Å². The molecular weight excluding hydrogens is 1180 g/mol. The van der Waals surface area contributed by atoms with Crippen molar-refractivity contribution < 1.29 is 17.9 Å². The number of benzene rings is 8. The lowest BCUT2D eigenvalue weighted by atomic mass is 10.3. The molecule has 0 amide bonds. The van der Waals surface area contributed by atoms with Crippen molar-refractivity contribution in [1.82, 2.24) is 69.8 Å². The number of aromatic nitrogens is 14. The molecule has 11 heterocycles. The van der Waals surface area contributed by atoms with E-state index in [9.17, 15) is 0 Å². The summed E-state index contributed by atoms with van der Waals surface area (Å²) >= 11 is 6.35. The Morgan fingerprint density at radius 3 is 1.73 bits per heavy atom. The standard InChI is InChI=1S/C8H7N.C8H6O.C8H6S.C7H6N2.2C7H5NO.2C7H5NS.C2H3N3.C2H2N2O.C2H2N2S.CH4/c3*1-2-4-8-7(3-1)5-6-9-8;2*1-2-4-7-6(3-1)8-5-9-7;1-2-4-7-6(3-1)5-8-9-7;1-2-4-7-6(3-1)8-5-9-7;1-2-4-7-6(3-1)5-8-9-7;1-2-4-5-3-1;2*1-2-5-4-3-1;/h1-6,9H;2*1-6H;1-5H,(H,8,9);4*1-5H;1-2H,(H,3,4,5);2*1-2H;1H4. The Labute approximate surface area is 520 Å². The van der Waals surface area contributed by atoms with E-state index in [0.717, 1.165) is 49.6 Å². The Balaban J connectivity index is 0.000000126. The molecule has 0 spiro atoms. The van der Waals surface area contributed by atoms with Crippen LogP contribution in [-0.2, 0) is 0 Å². The fraction of sp³-hybridized carbons (Fsp3) is 0.0152. The predicted octanol–water partition coefficient (Wildman–Crippen LogP) is 18.4. The lowest BCUT2D eigenvalue weighted by Crippen LogP contribution is -1.63. The summed E-state index contributed by atoms with van der Waals surface area (Å²) in [4.78, 5) is 18.3. The molecule has 0 saturated heterocycles. The van der Waals surface area contributed by atoms with Crippen molar-refractivity contribution in [2.75, 3.05) is 0 Å². The molecular formula is C66H56N14O4S4. The zero-order valence-electron chi connectivity index (χ0n) is 46.0. The number of imidazole rings is 1. The van der Waals surface area contributed by atoms with Crippen LogP contribution in [0.25, 0.3) is 85.4 Å². The molecule has 0 aliphatic rings. The molecule has 0 unspecified atom stereocenters. The van der Waals surface area contributed by atoms with Gasteiger partial charge in [-0.25, -0.2) is 15.0 Å². The maximum absolute atomic E-state index is 5.12. The van der Waals surface area contributed by atoms with E-state index in [-0.39, 0.29) is 7.43 Å². The van der Waals surface area contributed by atoms with E-state index in [1.165, 1.54) is 77.7 Å². The molecule has 0 aliphatic heterocycles. The van der Waals surface area contributed by atoms with E-state index in [4.69, 9.17) is 13.4 Å². The van der Waals surface area contributed by atoms with Gasteiger partial charge in [-0.3, -0.25) is 0 Å². The lowest BCUT2D eigenvalue weighted by molar-refractivity contribution is 0.393. The van der Waals surface area contributed by atoms with E-state index >= 15 is 0 Å². The highest BCUT2D eigenvalue weighted by Crippen LogP contribution is 2.20. The number of thiophene rings is 1. The fourth-order valence-electron chi connectivity index (χ4n) is 7.35.